The molecule has 5 heteroatoms. The summed E-state index contributed by atoms with van der Waals surface area (Å²) in [7, 11) is 0. The number of nitrogens with one attached hydrogen (secondary N) is 1. The fourth-order valence-corrected chi connectivity index (χ4v) is 2.15. The van der Waals surface area contributed by atoms with Crippen LogP contribution in [0.3, 0.4) is 0 Å². The number of aromatic nitrogens is 3. The largest absolute Gasteiger partial charge is 0.311 e. The first-order valence-corrected chi connectivity index (χ1v) is 7.14. The Morgan fingerprint density at radius 1 is 1.21 bits per heavy atom. The van der Waals surface area contributed by atoms with Crippen LogP contribution in [0.4, 0.5) is 0 Å². The predicted octanol–water partition coefficient (Wildman–Crippen LogP) is 3.11. The maximum absolute atomic E-state index is 4.58. The van der Waals surface area contributed by atoms with Crippen LogP contribution in [-0.2, 0) is 6.54 Å². The van der Waals surface area contributed by atoms with Gasteiger partial charge in [0.1, 0.15) is 0 Å². The molecule has 0 saturated heterocycles. The molecule has 1 N–H and O–H groups in total. The van der Waals surface area contributed by atoms with Gasteiger partial charge in [0.25, 0.3) is 0 Å². The Kier molecular flexibility index (Phi) is 4.99. The van der Waals surface area contributed by atoms with Crippen molar-refractivity contribution in [2.45, 2.75) is 26.8 Å². The van der Waals surface area contributed by atoms with Gasteiger partial charge in [-0.05, 0) is 48.0 Å². The van der Waals surface area contributed by atoms with Crippen LogP contribution in [0.5, 0.6) is 0 Å². The van der Waals surface area contributed by atoms with Crippen LogP contribution in [0.15, 0.2) is 29.0 Å². The molecule has 0 bridgehead atoms. The Morgan fingerprint density at radius 2 is 2.05 bits per heavy atom. The summed E-state index contributed by atoms with van der Waals surface area (Å²) in [6, 6.07) is 3.99. The first-order chi connectivity index (χ1) is 9.19. The van der Waals surface area contributed by atoms with Crippen molar-refractivity contribution in [1.29, 1.82) is 0 Å². The highest BCUT2D eigenvalue weighted by atomic mass is 79.9. The Morgan fingerprint density at radius 3 is 2.79 bits per heavy atom. The lowest BCUT2D eigenvalue weighted by molar-refractivity contribution is 0.662. The number of hydrogen-bond donors (Lipinski definition) is 1. The molecule has 0 radical (unpaired) electrons. The number of hydrogen-bond acceptors (Lipinski definition) is 4. The first kappa shape index (κ1) is 14.1. The van der Waals surface area contributed by atoms with Gasteiger partial charge >= 0.3 is 0 Å². The zero-order valence-electron chi connectivity index (χ0n) is 11.2. The van der Waals surface area contributed by atoms with Crippen LogP contribution in [-0.4, -0.2) is 21.5 Å². The molecule has 0 amide bonds. The Balaban J connectivity index is 2.26. The summed E-state index contributed by atoms with van der Waals surface area (Å²) < 4.78 is 0.931. The van der Waals surface area contributed by atoms with Crippen LogP contribution in [0.2, 0.25) is 0 Å². The van der Waals surface area contributed by atoms with Crippen molar-refractivity contribution in [3.63, 3.8) is 0 Å². The Labute approximate surface area is 121 Å². The zero-order valence-corrected chi connectivity index (χ0v) is 12.7. The maximum atomic E-state index is 4.58. The zero-order chi connectivity index (χ0) is 13.7. The van der Waals surface area contributed by atoms with Gasteiger partial charge in [-0.2, -0.15) is 0 Å². The van der Waals surface area contributed by atoms with E-state index in [9.17, 15) is 0 Å². The number of aryl methyl sites for hydroxylation is 1. The SMILES string of the molecule is CCCNCc1cc(C)nc(-c2cncc(Br)c2)n1. The summed E-state index contributed by atoms with van der Waals surface area (Å²) in [4.78, 5) is 13.2. The third-order valence-electron chi connectivity index (χ3n) is 2.60. The van der Waals surface area contributed by atoms with Crippen LogP contribution in [0, 0.1) is 6.92 Å². The summed E-state index contributed by atoms with van der Waals surface area (Å²) in [5.74, 6) is 0.724. The average molecular weight is 321 g/mol. The van der Waals surface area contributed by atoms with Crippen LogP contribution in [0.25, 0.3) is 11.4 Å². The van der Waals surface area contributed by atoms with E-state index in [1.54, 1.807) is 12.4 Å². The summed E-state index contributed by atoms with van der Waals surface area (Å²) >= 11 is 3.42. The van der Waals surface area contributed by atoms with Crippen LogP contribution >= 0.6 is 15.9 Å². The lowest BCUT2D eigenvalue weighted by atomic mass is 10.2. The van der Waals surface area contributed by atoms with E-state index in [2.05, 4.69) is 43.1 Å². The lowest BCUT2D eigenvalue weighted by Crippen LogP contribution is -2.15. The van der Waals surface area contributed by atoms with E-state index in [0.717, 1.165) is 46.8 Å². The molecule has 0 aliphatic carbocycles. The smallest absolute Gasteiger partial charge is 0.161 e. The summed E-state index contributed by atoms with van der Waals surface area (Å²) in [6.07, 6.45) is 4.65. The molecule has 0 spiro atoms. The van der Waals surface area contributed by atoms with Crippen molar-refractivity contribution in [2.24, 2.45) is 0 Å². The molecule has 0 atom stereocenters. The number of halogens is 1. The second kappa shape index (κ2) is 6.73. The second-order valence-corrected chi connectivity index (χ2v) is 5.31. The van der Waals surface area contributed by atoms with Gasteiger partial charge in [-0.1, -0.05) is 6.92 Å². The molecule has 0 aromatic carbocycles. The van der Waals surface area contributed by atoms with E-state index in [-0.39, 0.29) is 0 Å². The van der Waals surface area contributed by atoms with E-state index >= 15 is 0 Å². The minimum atomic E-state index is 0.724. The third-order valence-corrected chi connectivity index (χ3v) is 3.04. The Bertz CT molecular complexity index is 557. The summed E-state index contributed by atoms with van der Waals surface area (Å²) in [6.45, 7) is 5.90. The van der Waals surface area contributed by atoms with Gasteiger partial charge in [-0.25, -0.2) is 9.97 Å². The van der Waals surface area contributed by atoms with E-state index in [4.69, 9.17) is 0 Å². The van der Waals surface area contributed by atoms with Crippen molar-refractivity contribution in [2.75, 3.05) is 6.54 Å². The minimum absolute atomic E-state index is 0.724. The minimum Gasteiger partial charge on any atom is -0.311 e. The molecule has 2 aromatic heterocycles. The van der Waals surface area contributed by atoms with Gasteiger partial charge in [0.15, 0.2) is 5.82 Å². The van der Waals surface area contributed by atoms with Crippen molar-refractivity contribution in [3.05, 3.63) is 40.4 Å². The average Bonchev–Trinajstić information content (AvgIpc) is 2.38. The van der Waals surface area contributed by atoms with Crippen molar-refractivity contribution in [1.82, 2.24) is 20.3 Å². The lowest BCUT2D eigenvalue weighted by Gasteiger charge is -2.07. The quantitative estimate of drug-likeness (QED) is 0.860. The number of nitrogens with zero attached hydrogens (tertiary/aromatic N) is 3. The molecule has 0 aliphatic rings. The van der Waals surface area contributed by atoms with Crippen LogP contribution < -0.4 is 5.32 Å². The fourth-order valence-electron chi connectivity index (χ4n) is 1.78. The highest BCUT2D eigenvalue weighted by molar-refractivity contribution is 9.10. The van der Waals surface area contributed by atoms with Crippen molar-refractivity contribution < 1.29 is 0 Å². The van der Waals surface area contributed by atoms with Gasteiger partial charge in [0, 0.05) is 34.7 Å². The van der Waals surface area contributed by atoms with Crippen molar-refractivity contribution in [3.8, 4) is 11.4 Å². The molecule has 100 valence electrons. The maximum Gasteiger partial charge on any atom is 0.161 e. The monoisotopic (exact) mass is 320 g/mol. The Hall–Kier alpha value is -1.33. The molecule has 0 saturated carbocycles. The molecule has 19 heavy (non-hydrogen) atoms. The van der Waals surface area contributed by atoms with E-state index in [1.165, 1.54) is 0 Å². The van der Waals surface area contributed by atoms with Gasteiger partial charge in [-0.3, -0.25) is 4.98 Å². The normalized spacial score (nSPS) is 10.7. The molecule has 0 fully saturated rings. The van der Waals surface area contributed by atoms with Gasteiger partial charge in [0.2, 0.25) is 0 Å². The van der Waals surface area contributed by atoms with Gasteiger partial charge in [-0.15, -0.1) is 0 Å². The molecule has 2 heterocycles. The molecule has 2 rings (SSSR count). The van der Waals surface area contributed by atoms with E-state index in [1.807, 2.05) is 19.1 Å². The predicted molar refractivity (Wildman–Crippen MR) is 79.7 cm³/mol. The molecule has 4 nitrogen and oxygen atoms in total. The van der Waals surface area contributed by atoms with Gasteiger partial charge < -0.3 is 5.32 Å². The molecule has 0 aliphatic heterocycles. The molecular formula is C14H17BrN4. The van der Waals surface area contributed by atoms with Crippen molar-refractivity contribution >= 4 is 15.9 Å². The van der Waals surface area contributed by atoms with Crippen LogP contribution in [0.1, 0.15) is 24.7 Å². The third kappa shape index (κ3) is 4.08. The van der Waals surface area contributed by atoms with E-state index in [0.29, 0.717) is 0 Å². The number of rotatable bonds is 5. The molecule has 0 unspecified atom stereocenters. The topological polar surface area (TPSA) is 50.7 Å². The summed E-state index contributed by atoms with van der Waals surface area (Å²) in [5, 5.41) is 3.35. The van der Waals surface area contributed by atoms with E-state index < -0.39 is 0 Å². The first-order valence-electron chi connectivity index (χ1n) is 6.35. The molecule has 2 aromatic rings. The molecular weight excluding hydrogens is 304 g/mol. The summed E-state index contributed by atoms with van der Waals surface area (Å²) in [5.41, 5.74) is 2.91. The van der Waals surface area contributed by atoms with Gasteiger partial charge in [0.05, 0.1) is 5.69 Å². The number of pyridine rings is 1. The highest BCUT2D eigenvalue weighted by Gasteiger charge is 2.06. The fraction of sp³-hybridized carbons (Fsp3) is 0.357. The standard InChI is InChI=1S/C14H17BrN4/c1-3-4-16-9-13-5-10(2)18-14(19-13)11-6-12(15)8-17-7-11/h5-8,16H,3-4,9H2,1-2H3. The highest BCUT2D eigenvalue weighted by Crippen LogP contribution is 2.19. The second-order valence-electron chi connectivity index (χ2n) is 4.39.